The third-order valence-electron chi connectivity index (χ3n) is 5.05. The van der Waals surface area contributed by atoms with Gasteiger partial charge in [-0.1, -0.05) is 11.6 Å². The zero-order valence-corrected chi connectivity index (χ0v) is 16.4. The van der Waals surface area contributed by atoms with Gasteiger partial charge in [0.1, 0.15) is 0 Å². The molecule has 3 rings (SSSR count). The van der Waals surface area contributed by atoms with E-state index in [1.165, 1.54) is 0 Å². The molecule has 146 valence electrons. The minimum absolute atomic E-state index is 0.0831. The quantitative estimate of drug-likeness (QED) is 0.731. The SMILES string of the molecule is CCOC(=O)C1CC(=O)N(c2ccc(N3CCN(C(C)=O)CC3)c(Cl)c2)C1. The summed E-state index contributed by atoms with van der Waals surface area (Å²) in [7, 11) is 0. The molecule has 0 spiro atoms. The molecule has 7 nitrogen and oxygen atoms in total. The monoisotopic (exact) mass is 393 g/mol. The smallest absolute Gasteiger partial charge is 0.311 e. The number of halogens is 1. The zero-order chi connectivity index (χ0) is 19.6. The molecule has 0 radical (unpaired) electrons. The maximum absolute atomic E-state index is 12.3. The van der Waals surface area contributed by atoms with E-state index in [2.05, 4.69) is 4.90 Å². The third-order valence-corrected chi connectivity index (χ3v) is 5.36. The van der Waals surface area contributed by atoms with Crippen LogP contribution in [0.3, 0.4) is 0 Å². The number of rotatable bonds is 4. The molecule has 0 aromatic heterocycles. The summed E-state index contributed by atoms with van der Waals surface area (Å²) in [5.41, 5.74) is 1.57. The highest BCUT2D eigenvalue weighted by atomic mass is 35.5. The molecule has 2 saturated heterocycles. The lowest BCUT2D eigenvalue weighted by Gasteiger charge is -2.36. The normalized spacial score (nSPS) is 20.2. The van der Waals surface area contributed by atoms with Crippen molar-refractivity contribution in [3.63, 3.8) is 0 Å². The van der Waals surface area contributed by atoms with Crippen LogP contribution in [0.1, 0.15) is 20.3 Å². The molecule has 27 heavy (non-hydrogen) atoms. The van der Waals surface area contributed by atoms with Crippen molar-refractivity contribution in [1.29, 1.82) is 0 Å². The van der Waals surface area contributed by atoms with Gasteiger partial charge in [0.2, 0.25) is 11.8 Å². The van der Waals surface area contributed by atoms with Crippen molar-refractivity contribution in [2.75, 3.05) is 49.1 Å². The maximum atomic E-state index is 12.3. The first-order valence-corrected chi connectivity index (χ1v) is 9.55. The van der Waals surface area contributed by atoms with E-state index in [4.69, 9.17) is 16.3 Å². The van der Waals surface area contributed by atoms with Gasteiger partial charge >= 0.3 is 5.97 Å². The number of nitrogens with zero attached hydrogens (tertiary/aromatic N) is 3. The molecule has 0 aliphatic carbocycles. The summed E-state index contributed by atoms with van der Waals surface area (Å²) in [5, 5.41) is 0.552. The van der Waals surface area contributed by atoms with Crippen LogP contribution in [0.5, 0.6) is 0 Å². The lowest BCUT2D eigenvalue weighted by atomic mass is 10.1. The van der Waals surface area contributed by atoms with E-state index in [-0.39, 0.29) is 24.2 Å². The Morgan fingerprint density at radius 2 is 1.93 bits per heavy atom. The van der Waals surface area contributed by atoms with Gasteiger partial charge in [-0.15, -0.1) is 0 Å². The lowest BCUT2D eigenvalue weighted by Crippen LogP contribution is -2.48. The van der Waals surface area contributed by atoms with Crippen LogP contribution < -0.4 is 9.80 Å². The minimum atomic E-state index is -0.435. The summed E-state index contributed by atoms with van der Waals surface area (Å²) >= 11 is 6.48. The van der Waals surface area contributed by atoms with Crippen LogP contribution in [-0.4, -0.2) is 62.0 Å². The van der Waals surface area contributed by atoms with Crippen LogP contribution in [0, 0.1) is 5.92 Å². The fourth-order valence-electron chi connectivity index (χ4n) is 3.56. The number of hydrogen-bond acceptors (Lipinski definition) is 5. The van der Waals surface area contributed by atoms with Crippen molar-refractivity contribution < 1.29 is 19.1 Å². The zero-order valence-electron chi connectivity index (χ0n) is 15.6. The topological polar surface area (TPSA) is 70.2 Å². The molecule has 2 aliphatic rings. The van der Waals surface area contributed by atoms with E-state index >= 15 is 0 Å². The van der Waals surface area contributed by atoms with Gasteiger partial charge in [-0.3, -0.25) is 14.4 Å². The second-order valence-electron chi connectivity index (χ2n) is 6.79. The van der Waals surface area contributed by atoms with Crippen molar-refractivity contribution in [2.45, 2.75) is 20.3 Å². The molecule has 0 bridgehead atoms. The van der Waals surface area contributed by atoms with Crippen molar-refractivity contribution in [1.82, 2.24) is 4.90 Å². The Bertz CT molecular complexity index is 746. The van der Waals surface area contributed by atoms with E-state index in [0.717, 1.165) is 5.69 Å². The highest BCUT2D eigenvalue weighted by molar-refractivity contribution is 6.33. The summed E-state index contributed by atoms with van der Waals surface area (Å²) in [6, 6.07) is 5.51. The van der Waals surface area contributed by atoms with Crippen molar-refractivity contribution in [2.24, 2.45) is 5.92 Å². The van der Waals surface area contributed by atoms with Crippen LogP contribution in [-0.2, 0) is 19.1 Å². The van der Waals surface area contributed by atoms with Gasteiger partial charge in [-0.25, -0.2) is 0 Å². The molecule has 2 heterocycles. The van der Waals surface area contributed by atoms with E-state index < -0.39 is 5.92 Å². The van der Waals surface area contributed by atoms with Crippen LogP contribution in [0.4, 0.5) is 11.4 Å². The number of benzene rings is 1. The largest absolute Gasteiger partial charge is 0.466 e. The first-order valence-electron chi connectivity index (χ1n) is 9.17. The Balaban J connectivity index is 1.69. The van der Waals surface area contributed by atoms with Crippen LogP contribution in [0.15, 0.2) is 18.2 Å². The van der Waals surface area contributed by atoms with Gasteiger partial charge < -0.3 is 19.4 Å². The molecular formula is C19H24ClN3O4. The van der Waals surface area contributed by atoms with Gasteiger partial charge in [-0.2, -0.15) is 0 Å². The van der Waals surface area contributed by atoms with E-state index in [9.17, 15) is 14.4 Å². The van der Waals surface area contributed by atoms with Gasteiger partial charge in [0.25, 0.3) is 0 Å². The first-order chi connectivity index (χ1) is 12.9. The summed E-state index contributed by atoms with van der Waals surface area (Å²) in [6.07, 6.45) is 0.158. The second-order valence-corrected chi connectivity index (χ2v) is 7.19. The van der Waals surface area contributed by atoms with Gasteiger partial charge in [0, 0.05) is 51.8 Å². The molecule has 2 aliphatic heterocycles. The van der Waals surface area contributed by atoms with Crippen LogP contribution in [0.25, 0.3) is 0 Å². The molecule has 0 N–H and O–H groups in total. The maximum Gasteiger partial charge on any atom is 0.311 e. The van der Waals surface area contributed by atoms with Crippen molar-refractivity contribution in [3.05, 3.63) is 23.2 Å². The Morgan fingerprint density at radius 1 is 1.22 bits per heavy atom. The number of carbonyl (C=O) groups excluding carboxylic acids is 3. The van der Waals surface area contributed by atoms with Gasteiger partial charge in [0.15, 0.2) is 0 Å². The number of amides is 2. The highest BCUT2D eigenvalue weighted by Gasteiger charge is 2.36. The summed E-state index contributed by atoms with van der Waals surface area (Å²) in [4.78, 5) is 41.2. The molecule has 1 aromatic rings. The molecular weight excluding hydrogens is 370 g/mol. The molecule has 0 saturated carbocycles. The Hall–Kier alpha value is -2.28. The number of anilines is 2. The fraction of sp³-hybridized carbons (Fsp3) is 0.526. The molecule has 1 unspecified atom stereocenters. The molecule has 1 aromatic carbocycles. The Kier molecular flexibility index (Phi) is 5.89. The second kappa shape index (κ2) is 8.17. The number of carbonyl (C=O) groups is 3. The van der Waals surface area contributed by atoms with E-state index in [0.29, 0.717) is 50.0 Å². The Morgan fingerprint density at radius 3 is 2.52 bits per heavy atom. The molecule has 2 amide bonds. The number of hydrogen-bond donors (Lipinski definition) is 0. The highest BCUT2D eigenvalue weighted by Crippen LogP contribution is 2.33. The van der Waals surface area contributed by atoms with Crippen LogP contribution >= 0.6 is 11.6 Å². The predicted octanol–water partition coefficient (Wildman–Crippen LogP) is 1.92. The average Bonchev–Trinajstić information content (AvgIpc) is 3.04. The molecule has 2 fully saturated rings. The van der Waals surface area contributed by atoms with Gasteiger partial charge in [0.05, 0.1) is 23.2 Å². The van der Waals surface area contributed by atoms with Crippen molar-refractivity contribution in [3.8, 4) is 0 Å². The standard InChI is InChI=1S/C19H24ClN3O4/c1-3-27-19(26)14-10-18(25)23(12-14)15-4-5-17(16(20)11-15)22-8-6-21(7-9-22)13(2)24/h4-5,11,14H,3,6-10,12H2,1-2H3. The predicted molar refractivity (Wildman–Crippen MR) is 103 cm³/mol. The number of piperazine rings is 1. The number of esters is 1. The first kappa shape index (κ1) is 19.5. The van der Waals surface area contributed by atoms with E-state index in [1.807, 2.05) is 17.0 Å². The molecule has 1 atom stereocenters. The summed E-state index contributed by atoms with van der Waals surface area (Å²) < 4.78 is 5.03. The van der Waals surface area contributed by atoms with Crippen molar-refractivity contribution >= 4 is 40.8 Å². The lowest BCUT2D eigenvalue weighted by molar-refractivity contribution is -0.147. The van der Waals surface area contributed by atoms with Crippen LogP contribution in [0.2, 0.25) is 5.02 Å². The van der Waals surface area contributed by atoms with E-state index in [1.54, 1.807) is 24.8 Å². The summed E-state index contributed by atoms with van der Waals surface area (Å²) in [6.45, 7) is 6.71. The van der Waals surface area contributed by atoms with Gasteiger partial charge in [-0.05, 0) is 25.1 Å². The Labute approximate surface area is 163 Å². The minimum Gasteiger partial charge on any atom is -0.466 e. The number of ether oxygens (including phenoxy) is 1. The fourth-order valence-corrected chi connectivity index (χ4v) is 3.85. The third kappa shape index (κ3) is 4.18. The summed E-state index contributed by atoms with van der Waals surface area (Å²) in [5.74, 6) is -0.790. The molecule has 8 heteroatoms. The average molecular weight is 394 g/mol.